The van der Waals surface area contributed by atoms with Crippen molar-refractivity contribution in [3.8, 4) is 0 Å². The summed E-state index contributed by atoms with van der Waals surface area (Å²) in [6, 6.07) is 0. The highest BCUT2D eigenvalue weighted by molar-refractivity contribution is 5.67. The lowest BCUT2D eigenvalue weighted by atomic mass is 10.2. The van der Waals surface area contributed by atoms with Crippen LogP contribution in [0, 0.1) is 0 Å². The van der Waals surface area contributed by atoms with Gasteiger partial charge in [-0.15, -0.1) is 0 Å². The van der Waals surface area contributed by atoms with Crippen LogP contribution in [0.2, 0.25) is 0 Å². The molecule has 0 spiro atoms. The summed E-state index contributed by atoms with van der Waals surface area (Å²) in [6.45, 7) is 4.24. The van der Waals surface area contributed by atoms with Crippen molar-refractivity contribution in [3.63, 3.8) is 0 Å². The molecule has 4 nitrogen and oxygen atoms in total. The fourth-order valence-corrected chi connectivity index (χ4v) is 1.19. The van der Waals surface area contributed by atoms with Crippen molar-refractivity contribution in [1.29, 1.82) is 0 Å². The Morgan fingerprint density at radius 3 is 2.47 bits per heavy atom. The standard InChI is InChI=1S/C11H22O4/c1-3-4-5-6-7-8-14-10(2)15-9-11(12)13/h10H,3-9H2,1-2H3,(H,12,13). The molecule has 1 N–H and O–H groups in total. The van der Waals surface area contributed by atoms with Crippen LogP contribution in [-0.4, -0.2) is 30.6 Å². The molecule has 0 aromatic rings. The van der Waals surface area contributed by atoms with Gasteiger partial charge in [0.15, 0.2) is 6.29 Å². The Kier molecular flexibility index (Phi) is 9.52. The molecule has 0 fully saturated rings. The van der Waals surface area contributed by atoms with Gasteiger partial charge in [-0.25, -0.2) is 4.79 Å². The van der Waals surface area contributed by atoms with Gasteiger partial charge in [0, 0.05) is 6.61 Å². The first-order valence-electron chi connectivity index (χ1n) is 5.61. The van der Waals surface area contributed by atoms with Crippen LogP contribution in [0.15, 0.2) is 0 Å². The number of rotatable bonds is 10. The molecule has 0 heterocycles. The molecule has 0 aliphatic heterocycles. The second-order valence-corrected chi connectivity index (χ2v) is 3.56. The van der Waals surface area contributed by atoms with Gasteiger partial charge >= 0.3 is 5.97 Å². The Hall–Kier alpha value is -0.610. The van der Waals surface area contributed by atoms with Crippen molar-refractivity contribution in [2.75, 3.05) is 13.2 Å². The summed E-state index contributed by atoms with van der Waals surface area (Å²) in [5.74, 6) is -0.964. The zero-order valence-corrected chi connectivity index (χ0v) is 9.70. The number of carboxylic acids is 1. The topological polar surface area (TPSA) is 55.8 Å². The third kappa shape index (κ3) is 11.3. The van der Waals surface area contributed by atoms with E-state index >= 15 is 0 Å². The first-order chi connectivity index (χ1) is 7.16. The molecule has 1 atom stereocenters. The summed E-state index contributed by atoms with van der Waals surface area (Å²) in [7, 11) is 0. The zero-order chi connectivity index (χ0) is 11.5. The summed E-state index contributed by atoms with van der Waals surface area (Å²) < 4.78 is 10.2. The number of unbranched alkanes of at least 4 members (excludes halogenated alkanes) is 4. The van der Waals surface area contributed by atoms with E-state index in [1.807, 2.05) is 0 Å². The van der Waals surface area contributed by atoms with E-state index in [0.717, 1.165) is 6.42 Å². The summed E-state index contributed by atoms with van der Waals surface area (Å²) in [5, 5.41) is 8.35. The molecule has 0 saturated carbocycles. The highest BCUT2D eigenvalue weighted by Gasteiger charge is 2.04. The van der Waals surface area contributed by atoms with Crippen LogP contribution >= 0.6 is 0 Å². The quantitative estimate of drug-likeness (QED) is 0.452. The second-order valence-electron chi connectivity index (χ2n) is 3.56. The number of ether oxygens (including phenoxy) is 2. The number of hydrogen-bond acceptors (Lipinski definition) is 3. The fraction of sp³-hybridized carbons (Fsp3) is 0.909. The van der Waals surface area contributed by atoms with Gasteiger partial charge in [-0.3, -0.25) is 0 Å². The molecule has 15 heavy (non-hydrogen) atoms. The second kappa shape index (κ2) is 9.93. The SMILES string of the molecule is CCCCCCCOC(C)OCC(=O)O. The molecule has 4 heteroatoms. The summed E-state index contributed by atoms with van der Waals surface area (Å²) in [6.07, 6.45) is 5.50. The summed E-state index contributed by atoms with van der Waals surface area (Å²) in [5.41, 5.74) is 0. The first-order valence-corrected chi connectivity index (χ1v) is 5.61. The van der Waals surface area contributed by atoms with E-state index in [1.54, 1.807) is 6.92 Å². The van der Waals surface area contributed by atoms with E-state index in [1.165, 1.54) is 25.7 Å². The maximum absolute atomic E-state index is 10.2. The zero-order valence-electron chi connectivity index (χ0n) is 9.70. The summed E-state index contributed by atoms with van der Waals surface area (Å²) in [4.78, 5) is 10.2. The number of carboxylic acid groups (broad SMARTS) is 1. The average Bonchev–Trinajstić information content (AvgIpc) is 2.20. The van der Waals surface area contributed by atoms with Gasteiger partial charge in [0.05, 0.1) is 0 Å². The normalized spacial score (nSPS) is 12.7. The van der Waals surface area contributed by atoms with E-state index < -0.39 is 12.3 Å². The van der Waals surface area contributed by atoms with Crippen molar-refractivity contribution in [3.05, 3.63) is 0 Å². The first kappa shape index (κ1) is 14.4. The largest absolute Gasteiger partial charge is 0.480 e. The van der Waals surface area contributed by atoms with Gasteiger partial charge in [0.25, 0.3) is 0 Å². The molecule has 90 valence electrons. The third-order valence-electron chi connectivity index (χ3n) is 2.04. The lowest BCUT2D eigenvalue weighted by Gasteiger charge is -2.12. The van der Waals surface area contributed by atoms with Crippen molar-refractivity contribution >= 4 is 5.97 Å². The Labute approximate surface area is 91.6 Å². The number of carbonyl (C=O) groups is 1. The Morgan fingerprint density at radius 1 is 1.20 bits per heavy atom. The molecule has 0 aliphatic rings. The van der Waals surface area contributed by atoms with Crippen molar-refractivity contribution in [1.82, 2.24) is 0 Å². The van der Waals surface area contributed by atoms with E-state index in [-0.39, 0.29) is 6.61 Å². The van der Waals surface area contributed by atoms with E-state index in [9.17, 15) is 4.79 Å². The molecule has 0 aromatic carbocycles. The van der Waals surface area contributed by atoms with Crippen LogP contribution in [0.5, 0.6) is 0 Å². The lowest BCUT2D eigenvalue weighted by molar-refractivity contribution is -0.163. The molecule has 0 saturated heterocycles. The maximum Gasteiger partial charge on any atom is 0.329 e. The molecule has 0 aliphatic carbocycles. The van der Waals surface area contributed by atoms with Gasteiger partial charge in [0.2, 0.25) is 0 Å². The van der Waals surface area contributed by atoms with Crippen LogP contribution in [0.3, 0.4) is 0 Å². The van der Waals surface area contributed by atoms with E-state index in [2.05, 4.69) is 6.92 Å². The molecule has 0 rings (SSSR count). The maximum atomic E-state index is 10.2. The van der Waals surface area contributed by atoms with E-state index in [0.29, 0.717) is 6.61 Å². The molecular formula is C11H22O4. The van der Waals surface area contributed by atoms with Crippen LogP contribution in [0.25, 0.3) is 0 Å². The average molecular weight is 218 g/mol. The minimum atomic E-state index is -0.964. The molecule has 0 amide bonds. The predicted molar refractivity (Wildman–Crippen MR) is 57.8 cm³/mol. The van der Waals surface area contributed by atoms with Crippen LogP contribution < -0.4 is 0 Å². The minimum Gasteiger partial charge on any atom is -0.480 e. The molecular weight excluding hydrogens is 196 g/mol. The Bertz CT molecular complexity index is 159. The molecule has 0 radical (unpaired) electrons. The van der Waals surface area contributed by atoms with Gasteiger partial charge < -0.3 is 14.6 Å². The third-order valence-corrected chi connectivity index (χ3v) is 2.04. The molecule has 0 aromatic heterocycles. The van der Waals surface area contributed by atoms with Gasteiger partial charge in [-0.1, -0.05) is 32.6 Å². The smallest absolute Gasteiger partial charge is 0.329 e. The molecule has 0 bridgehead atoms. The summed E-state index contributed by atoms with van der Waals surface area (Å²) >= 11 is 0. The lowest BCUT2D eigenvalue weighted by Crippen LogP contribution is -2.18. The van der Waals surface area contributed by atoms with Crippen molar-refractivity contribution < 1.29 is 19.4 Å². The fourth-order valence-electron chi connectivity index (χ4n) is 1.19. The Morgan fingerprint density at radius 2 is 1.87 bits per heavy atom. The van der Waals surface area contributed by atoms with Crippen molar-refractivity contribution in [2.45, 2.75) is 52.2 Å². The number of hydrogen-bond donors (Lipinski definition) is 1. The van der Waals surface area contributed by atoms with Crippen LogP contribution in [-0.2, 0) is 14.3 Å². The van der Waals surface area contributed by atoms with E-state index in [4.69, 9.17) is 14.6 Å². The van der Waals surface area contributed by atoms with Gasteiger partial charge in [-0.2, -0.15) is 0 Å². The molecule has 1 unspecified atom stereocenters. The monoisotopic (exact) mass is 218 g/mol. The van der Waals surface area contributed by atoms with Crippen LogP contribution in [0.1, 0.15) is 46.0 Å². The van der Waals surface area contributed by atoms with Crippen molar-refractivity contribution in [2.24, 2.45) is 0 Å². The highest BCUT2D eigenvalue weighted by atomic mass is 16.7. The van der Waals surface area contributed by atoms with Gasteiger partial charge in [0.1, 0.15) is 6.61 Å². The highest BCUT2D eigenvalue weighted by Crippen LogP contribution is 2.03. The van der Waals surface area contributed by atoms with Gasteiger partial charge in [-0.05, 0) is 13.3 Å². The Balaban J connectivity index is 3.16. The number of aliphatic carboxylic acids is 1. The minimum absolute atomic E-state index is 0.295. The predicted octanol–water partition coefficient (Wildman–Crippen LogP) is 2.42. The van der Waals surface area contributed by atoms with Crippen LogP contribution in [0.4, 0.5) is 0 Å².